The number of fused-ring (bicyclic) bond motifs is 3. The summed E-state index contributed by atoms with van der Waals surface area (Å²) in [6.45, 7) is 2.01. The first kappa shape index (κ1) is 22.3. The molecule has 12 heteroatoms. The molecule has 10 nitrogen and oxygen atoms in total. The average Bonchev–Trinajstić information content (AvgIpc) is 3.50. The molecule has 1 saturated heterocycles. The first-order valence-corrected chi connectivity index (χ1v) is 12.0. The Morgan fingerprint density at radius 3 is 2.94 bits per heavy atom. The number of rotatable bonds is 8. The van der Waals surface area contributed by atoms with Crippen LogP contribution in [0.5, 0.6) is 0 Å². The first-order chi connectivity index (χ1) is 16.0. The molecule has 3 aromatic rings. The molecule has 1 amide bonds. The third-order valence-corrected chi connectivity index (χ3v) is 7.39. The van der Waals surface area contributed by atoms with Gasteiger partial charge in [-0.1, -0.05) is 11.6 Å². The SMILES string of the molecule is COCc1nn([C@H](OC=O)C(=O)NC2CCCN(C3CC3)C2)c(=O)c2cc3cc(Cl)sc3n12. The van der Waals surface area contributed by atoms with Crippen molar-refractivity contribution in [3.8, 4) is 0 Å². The Morgan fingerprint density at radius 1 is 1.39 bits per heavy atom. The van der Waals surface area contributed by atoms with Gasteiger partial charge in [-0.05, 0) is 44.4 Å². The lowest BCUT2D eigenvalue weighted by Crippen LogP contribution is -2.51. The number of thiophene rings is 1. The number of nitrogens with one attached hydrogen (secondary N) is 1. The van der Waals surface area contributed by atoms with E-state index in [-0.39, 0.29) is 19.1 Å². The lowest BCUT2D eigenvalue weighted by atomic mass is 10.1. The Kier molecular flexibility index (Phi) is 6.12. The summed E-state index contributed by atoms with van der Waals surface area (Å²) < 4.78 is 13.5. The molecule has 1 aliphatic carbocycles. The molecule has 4 heterocycles. The van der Waals surface area contributed by atoms with E-state index in [1.807, 2.05) is 0 Å². The zero-order chi connectivity index (χ0) is 23.1. The molecular weight excluding hydrogens is 470 g/mol. The van der Waals surface area contributed by atoms with E-state index in [2.05, 4.69) is 15.3 Å². The third kappa shape index (κ3) is 4.25. The van der Waals surface area contributed by atoms with Crippen molar-refractivity contribution in [1.82, 2.24) is 24.4 Å². The van der Waals surface area contributed by atoms with Crippen molar-refractivity contribution in [2.75, 3.05) is 20.2 Å². The largest absolute Gasteiger partial charge is 0.432 e. The quantitative estimate of drug-likeness (QED) is 0.478. The van der Waals surface area contributed by atoms with Gasteiger partial charge in [0.15, 0.2) is 5.82 Å². The molecule has 176 valence electrons. The number of halogens is 1. The van der Waals surface area contributed by atoms with Crippen molar-refractivity contribution in [1.29, 1.82) is 0 Å². The maximum absolute atomic E-state index is 13.3. The van der Waals surface area contributed by atoms with Crippen LogP contribution in [0.3, 0.4) is 0 Å². The van der Waals surface area contributed by atoms with Crippen molar-refractivity contribution in [2.45, 2.75) is 50.6 Å². The van der Waals surface area contributed by atoms with Crippen molar-refractivity contribution < 1.29 is 19.1 Å². The van der Waals surface area contributed by atoms with Crippen LogP contribution in [0.4, 0.5) is 0 Å². The second-order valence-electron chi connectivity index (χ2n) is 8.43. The lowest BCUT2D eigenvalue weighted by Gasteiger charge is -2.33. The second-order valence-corrected chi connectivity index (χ2v) is 10.1. The van der Waals surface area contributed by atoms with Crippen molar-refractivity contribution in [2.24, 2.45) is 0 Å². The number of amides is 1. The van der Waals surface area contributed by atoms with Crippen LogP contribution in [0, 0.1) is 0 Å². The number of aromatic nitrogens is 3. The molecule has 33 heavy (non-hydrogen) atoms. The van der Waals surface area contributed by atoms with Gasteiger partial charge in [0, 0.05) is 31.1 Å². The summed E-state index contributed by atoms with van der Waals surface area (Å²) >= 11 is 7.45. The number of piperidine rings is 1. The van der Waals surface area contributed by atoms with Crippen LogP contribution in [-0.2, 0) is 25.7 Å². The van der Waals surface area contributed by atoms with E-state index in [1.54, 1.807) is 16.5 Å². The molecule has 0 radical (unpaired) electrons. The van der Waals surface area contributed by atoms with E-state index in [0.717, 1.165) is 40.8 Å². The van der Waals surface area contributed by atoms with Gasteiger partial charge in [0.2, 0.25) is 0 Å². The third-order valence-electron chi connectivity index (χ3n) is 6.12. The highest BCUT2D eigenvalue weighted by Crippen LogP contribution is 2.32. The molecule has 1 aliphatic heterocycles. The fourth-order valence-electron chi connectivity index (χ4n) is 4.54. The molecule has 2 fully saturated rings. The van der Waals surface area contributed by atoms with E-state index in [1.165, 1.54) is 31.3 Å². The number of methoxy groups -OCH3 is 1. The molecular formula is C21H24ClN5O5S. The van der Waals surface area contributed by atoms with Gasteiger partial charge >= 0.3 is 0 Å². The number of ether oxygens (including phenoxy) is 2. The Bertz CT molecular complexity index is 1270. The van der Waals surface area contributed by atoms with Crippen LogP contribution in [0.1, 0.15) is 37.7 Å². The molecule has 0 bridgehead atoms. The van der Waals surface area contributed by atoms with Crippen LogP contribution < -0.4 is 10.9 Å². The molecule has 5 rings (SSSR count). The van der Waals surface area contributed by atoms with E-state index < -0.39 is 17.7 Å². The zero-order valence-corrected chi connectivity index (χ0v) is 19.6. The van der Waals surface area contributed by atoms with E-state index in [4.69, 9.17) is 21.1 Å². The fraction of sp³-hybridized carbons (Fsp3) is 0.524. The van der Waals surface area contributed by atoms with Crippen molar-refractivity contribution in [3.05, 3.63) is 32.6 Å². The normalized spacial score (nSPS) is 20.2. The Balaban J connectivity index is 1.50. The second kappa shape index (κ2) is 9.05. The summed E-state index contributed by atoms with van der Waals surface area (Å²) in [6.07, 6.45) is 2.67. The van der Waals surface area contributed by atoms with Gasteiger partial charge in [-0.15, -0.1) is 16.4 Å². The first-order valence-electron chi connectivity index (χ1n) is 10.8. The van der Waals surface area contributed by atoms with Gasteiger partial charge in [-0.3, -0.25) is 23.7 Å². The summed E-state index contributed by atoms with van der Waals surface area (Å²) in [4.78, 5) is 40.9. The Labute approximate surface area is 198 Å². The lowest BCUT2D eigenvalue weighted by molar-refractivity contribution is -0.153. The summed E-state index contributed by atoms with van der Waals surface area (Å²) in [6, 6.07) is 3.97. The van der Waals surface area contributed by atoms with Gasteiger partial charge in [0.1, 0.15) is 17.0 Å². The topological polar surface area (TPSA) is 107 Å². The van der Waals surface area contributed by atoms with Gasteiger partial charge in [0.05, 0.1) is 4.34 Å². The monoisotopic (exact) mass is 493 g/mol. The van der Waals surface area contributed by atoms with Crippen molar-refractivity contribution in [3.63, 3.8) is 0 Å². The highest BCUT2D eigenvalue weighted by molar-refractivity contribution is 7.22. The van der Waals surface area contributed by atoms with Crippen LogP contribution >= 0.6 is 22.9 Å². The fourth-order valence-corrected chi connectivity index (χ4v) is 5.78. The van der Waals surface area contributed by atoms with Gasteiger partial charge in [-0.25, -0.2) is 0 Å². The Hall–Kier alpha value is -2.47. The predicted octanol–water partition coefficient (Wildman–Crippen LogP) is 1.93. The number of carbonyl (C=O) groups is 2. The van der Waals surface area contributed by atoms with Gasteiger partial charge in [0.25, 0.3) is 24.2 Å². The molecule has 2 atom stereocenters. The molecule has 1 saturated carbocycles. The van der Waals surface area contributed by atoms with Crippen molar-refractivity contribution >= 4 is 51.1 Å². The number of nitrogens with zero attached hydrogens (tertiary/aromatic N) is 4. The minimum Gasteiger partial charge on any atom is -0.432 e. The predicted molar refractivity (Wildman–Crippen MR) is 123 cm³/mol. The smallest absolute Gasteiger partial charge is 0.295 e. The standard InChI is InChI=1S/C21H24ClN5O5S/c1-31-10-17-24-27(19(30)15-7-12-8-16(22)33-21(12)26(15)17)20(32-11-28)18(29)23-13-3-2-6-25(9-13)14-4-5-14/h7-8,11,13-14,20H,2-6,9-10H2,1H3,(H,23,29)/t13?,20-/m1/s1. The maximum atomic E-state index is 13.3. The molecule has 3 aromatic heterocycles. The number of carbonyl (C=O) groups excluding carboxylic acids is 2. The summed E-state index contributed by atoms with van der Waals surface area (Å²) in [5.74, 6) is -0.200. The molecule has 2 aliphatic rings. The average molecular weight is 494 g/mol. The van der Waals surface area contributed by atoms with Crippen LogP contribution in [-0.4, -0.2) is 63.7 Å². The molecule has 1 unspecified atom stereocenters. The van der Waals surface area contributed by atoms with E-state index >= 15 is 0 Å². The summed E-state index contributed by atoms with van der Waals surface area (Å²) in [7, 11) is 1.51. The molecule has 1 N–H and O–H groups in total. The zero-order valence-electron chi connectivity index (χ0n) is 18.0. The van der Waals surface area contributed by atoms with E-state index in [0.29, 0.717) is 21.7 Å². The van der Waals surface area contributed by atoms with Crippen LogP contribution in [0.2, 0.25) is 4.34 Å². The summed E-state index contributed by atoms with van der Waals surface area (Å²) in [5, 5.41) is 8.09. The highest BCUT2D eigenvalue weighted by atomic mass is 35.5. The minimum absolute atomic E-state index is 0.0739. The number of hydrogen-bond acceptors (Lipinski definition) is 8. The van der Waals surface area contributed by atoms with Crippen LogP contribution in [0.15, 0.2) is 16.9 Å². The molecule has 0 aromatic carbocycles. The highest BCUT2D eigenvalue weighted by Gasteiger charge is 2.35. The number of hydrogen-bond donors (Lipinski definition) is 1. The van der Waals surface area contributed by atoms with Gasteiger partial charge < -0.3 is 14.8 Å². The molecule has 0 spiro atoms. The van der Waals surface area contributed by atoms with E-state index in [9.17, 15) is 14.4 Å². The number of likely N-dealkylation sites (tertiary alicyclic amines) is 1. The minimum atomic E-state index is -1.52. The Morgan fingerprint density at radius 2 is 2.21 bits per heavy atom. The summed E-state index contributed by atoms with van der Waals surface area (Å²) in [5.41, 5.74) is -0.264. The van der Waals surface area contributed by atoms with Crippen LogP contribution in [0.25, 0.3) is 15.7 Å². The van der Waals surface area contributed by atoms with Gasteiger partial charge in [-0.2, -0.15) is 4.68 Å². The maximum Gasteiger partial charge on any atom is 0.295 e.